The molecule has 0 aliphatic heterocycles. The Bertz CT molecular complexity index is 436. The summed E-state index contributed by atoms with van der Waals surface area (Å²) in [7, 11) is 1.67. The Balaban J connectivity index is 2.96. The molecule has 0 saturated heterocycles. The van der Waals surface area contributed by atoms with Crippen molar-refractivity contribution in [2.75, 3.05) is 12.4 Å². The van der Waals surface area contributed by atoms with Crippen molar-refractivity contribution in [1.82, 2.24) is 4.90 Å². The van der Waals surface area contributed by atoms with Crippen molar-refractivity contribution in [2.24, 2.45) is 0 Å². The smallest absolute Gasteiger partial charge is 0.269 e. The van der Waals surface area contributed by atoms with Crippen molar-refractivity contribution in [3.63, 3.8) is 0 Å². The van der Waals surface area contributed by atoms with E-state index in [1.54, 1.807) is 24.1 Å². The van der Waals surface area contributed by atoms with E-state index in [0.29, 0.717) is 0 Å². The summed E-state index contributed by atoms with van der Waals surface area (Å²) >= 11 is 3.09. The number of carbonyl (C=O) groups is 1. The highest BCUT2D eigenvalue weighted by Crippen LogP contribution is 2.23. The summed E-state index contributed by atoms with van der Waals surface area (Å²) in [5, 5.41) is 10.9. The molecule has 0 spiro atoms. The van der Waals surface area contributed by atoms with Gasteiger partial charge in [0, 0.05) is 19.2 Å². The SMILES string of the molecule is CC(c1cccc([N+](=O)[O-])c1)N(C)C(=O)CBr. The third-order valence-corrected chi connectivity index (χ3v) is 3.13. The van der Waals surface area contributed by atoms with Crippen LogP contribution < -0.4 is 0 Å². The highest BCUT2D eigenvalue weighted by atomic mass is 79.9. The first-order valence-electron chi connectivity index (χ1n) is 5.03. The second-order valence-corrected chi connectivity index (χ2v) is 4.23. The van der Waals surface area contributed by atoms with Crippen LogP contribution in [0, 0.1) is 10.1 Å². The largest absolute Gasteiger partial charge is 0.338 e. The van der Waals surface area contributed by atoms with Gasteiger partial charge in [0.15, 0.2) is 0 Å². The van der Waals surface area contributed by atoms with Crippen molar-refractivity contribution >= 4 is 27.5 Å². The Hall–Kier alpha value is -1.43. The molecule has 1 amide bonds. The molecule has 5 nitrogen and oxygen atoms in total. The molecule has 1 rings (SSSR count). The summed E-state index contributed by atoms with van der Waals surface area (Å²) in [6.07, 6.45) is 0. The number of non-ortho nitro benzene ring substituents is 1. The molecule has 92 valence electrons. The average molecular weight is 301 g/mol. The number of hydrogen-bond donors (Lipinski definition) is 0. The number of benzene rings is 1. The first-order chi connectivity index (χ1) is 7.97. The molecule has 0 bridgehead atoms. The fourth-order valence-corrected chi connectivity index (χ4v) is 1.83. The lowest BCUT2D eigenvalue weighted by Crippen LogP contribution is -2.30. The van der Waals surface area contributed by atoms with Crippen molar-refractivity contribution in [1.29, 1.82) is 0 Å². The van der Waals surface area contributed by atoms with Crippen molar-refractivity contribution in [2.45, 2.75) is 13.0 Å². The Labute approximate surface area is 108 Å². The van der Waals surface area contributed by atoms with E-state index in [1.807, 2.05) is 6.92 Å². The Morgan fingerprint density at radius 3 is 2.76 bits per heavy atom. The van der Waals surface area contributed by atoms with Gasteiger partial charge in [-0.25, -0.2) is 0 Å². The molecule has 0 fully saturated rings. The predicted octanol–water partition coefficient (Wildman–Crippen LogP) is 2.51. The van der Waals surface area contributed by atoms with E-state index in [2.05, 4.69) is 15.9 Å². The summed E-state index contributed by atoms with van der Waals surface area (Å²) in [5.74, 6) is -0.0657. The predicted molar refractivity (Wildman–Crippen MR) is 68.1 cm³/mol. The van der Waals surface area contributed by atoms with Crippen LogP contribution in [0.5, 0.6) is 0 Å². The molecule has 0 aliphatic carbocycles. The van der Waals surface area contributed by atoms with E-state index in [0.717, 1.165) is 5.56 Å². The van der Waals surface area contributed by atoms with Gasteiger partial charge in [0.25, 0.3) is 5.69 Å². The number of nitro benzene ring substituents is 1. The van der Waals surface area contributed by atoms with Crippen LogP contribution in [-0.4, -0.2) is 28.1 Å². The third-order valence-electron chi connectivity index (χ3n) is 2.65. The molecule has 1 aromatic carbocycles. The number of hydrogen-bond acceptors (Lipinski definition) is 3. The molecular weight excluding hydrogens is 288 g/mol. The zero-order valence-electron chi connectivity index (χ0n) is 9.59. The van der Waals surface area contributed by atoms with Gasteiger partial charge in [-0.1, -0.05) is 28.1 Å². The summed E-state index contributed by atoms with van der Waals surface area (Å²) in [4.78, 5) is 23.3. The number of nitro groups is 1. The van der Waals surface area contributed by atoms with E-state index in [9.17, 15) is 14.9 Å². The van der Waals surface area contributed by atoms with Crippen molar-refractivity contribution in [3.05, 3.63) is 39.9 Å². The molecule has 17 heavy (non-hydrogen) atoms. The van der Waals surface area contributed by atoms with E-state index in [4.69, 9.17) is 0 Å². The van der Waals surface area contributed by atoms with Crippen LogP contribution in [0.4, 0.5) is 5.69 Å². The minimum Gasteiger partial charge on any atom is -0.338 e. The van der Waals surface area contributed by atoms with Gasteiger partial charge in [-0.05, 0) is 12.5 Å². The molecule has 1 atom stereocenters. The topological polar surface area (TPSA) is 63.5 Å². The normalized spacial score (nSPS) is 11.9. The molecule has 0 aromatic heterocycles. The fraction of sp³-hybridized carbons (Fsp3) is 0.364. The fourth-order valence-electron chi connectivity index (χ4n) is 1.43. The second-order valence-electron chi connectivity index (χ2n) is 3.67. The lowest BCUT2D eigenvalue weighted by atomic mass is 10.1. The van der Waals surface area contributed by atoms with E-state index < -0.39 is 4.92 Å². The molecule has 6 heteroatoms. The standard InChI is InChI=1S/C11H13BrN2O3/c1-8(13(2)11(15)7-12)9-4-3-5-10(6-9)14(16)17/h3-6,8H,7H2,1-2H3. The number of alkyl halides is 1. The van der Waals surface area contributed by atoms with Gasteiger partial charge in [-0.15, -0.1) is 0 Å². The minimum atomic E-state index is -0.442. The maximum absolute atomic E-state index is 11.5. The van der Waals surface area contributed by atoms with Gasteiger partial charge < -0.3 is 4.90 Å². The molecule has 1 aromatic rings. The van der Waals surface area contributed by atoms with Crippen LogP contribution in [0.15, 0.2) is 24.3 Å². The van der Waals surface area contributed by atoms with Gasteiger partial charge in [-0.2, -0.15) is 0 Å². The second kappa shape index (κ2) is 5.77. The Morgan fingerprint density at radius 1 is 1.59 bits per heavy atom. The lowest BCUT2D eigenvalue weighted by Gasteiger charge is -2.24. The first kappa shape index (κ1) is 13.6. The maximum Gasteiger partial charge on any atom is 0.269 e. The van der Waals surface area contributed by atoms with Crippen molar-refractivity contribution < 1.29 is 9.72 Å². The summed E-state index contributed by atoms with van der Waals surface area (Å²) in [6.45, 7) is 1.83. The van der Waals surface area contributed by atoms with Crippen LogP contribution in [0.2, 0.25) is 0 Å². The van der Waals surface area contributed by atoms with Gasteiger partial charge in [0.05, 0.1) is 16.3 Å². The summed E-state index contributed by atoms with van der Waals surface area (Å²) < 4.78 is 0. The first-order valence-corrected chi connectivity index (χ1v) is 6.15. The number of nitrogens with zero attached hydrogens (tertiary/aromatic N) is 2. The highest BCUT2D eigenvalue weighted by molar-refractivity contribution is 9.09. The Morgan fingerprint density at radius 2 is 2.24 bits per heavy atom. The number of rotatable bonds is 4. The molecule has 1 unspecified atom stereocenters. The number of halogens is 1. The van der Waals surface area contributed by atoms with Gasteiger partial charge in [-0.3, -0.25) is 14.9 Å². The number of carbonyl (C=O) groups excluding carboxylic acids is 1. The zero-order valence-corrected chi connectivity index (χ0v) is 11.2. The highest BCUT2D eigenvalue weighted by Gasteiger charge is 2.18. The van der Waals surface area contributed by atoms with Gasteiger partial charge in [0.2, 0.25) is 5.91 Å². The average Bonchev–Trinajstić information content (AvgIpc) is 2.36. The molecule has 0 N–H and O–H groups in total. The monoisotopic (exact) mass is 300 g/mol. The van der Waals surface area contributed by atoms with Crippen LogP contribution in [0.1, 0.15) is 18.5 Å². The molecule has 0 saturated carbocycles. The van der Waals surface area contributed by atoms with Crippen molar-refractivity contribution in [3.8, 4) is 0 Å². The van der Waals surface area contributed by atoms with Crippen LogP contribution in [0.25, 0.3) is 0 Å². The molecule has 0 heterocycles. The van der Waals surface area contributed by atoms with Crippen LogP contribution in [-0.2, 0) is 4.79 Å². The van der Waals surface area contributed by atoms with Gasteiger partial charge >= 0.3 is 0 Å². The number of amides is 1. The minimum absolute atomic E-state index is 0.0361. The molecule has 0 radical (unpaired) electrons. The quantitative estimate of drug-likeness (QED) is 0.487. The third kappa shape index (κ3) is 3.26. The van der Waals surface area contributed by atoms with Crippen LogP contribution >= 0.6 is 15.9 Å². The van der Waals surface area contributed by atoms with Gasteiger partial charge in [0.1, 0.15) is 0 Å². The molecule has 0 aliphatic rings. The van der Waals surface area contributed by atoms with E-state index in [1.165, 1.54) is 12.1 Å². The zero-order chi connectivity index (χ0) is 13.0. The van der Waals surface area contributed by atoms with E-state index >= 15 is 0 Å². The maximum atomic E-state index is 11.5. The summed E-state index contributed by atoms with van der Waals surface area (Å²) in [5.41, 5.74) is 0.782. The van der Waals surface area contributed by atoms with Crippen LogP contribution in [0.3, 0.4) is 0 Å². The van der Waals surface area contributed by atoms with E-state index in [-0.39, 0.29) is 23.0 Å². The molecular formula is C11H13BrN2O3. The lowest BCUT2D eigenvalue weighted by molar-refractivity contribution is -0.384. The summed E-state index contributed by atoms with van der Waals surface area (Å²) in [6, 6.07) is 6.12. The Kier molecular flexibility index (Phi) is 4.62.